The maximum absolute atomic E-state index is 12.4. The summed E-state index contributed by atoms with van der Waals surface area (Å²) in [5, 5.41) is 12.4. The van der Waals surface area contributed by atoms with Gasteiger partial charge in [-0.1, -0.05) is 11.6 Å². The van der Waals surface area contributed by atoms with Gasteiger partial charge in [-0.25, -0.2) is 4.98 Å². The lowest BCUT2D eigenvalue weighted by Crippen LogP contribution is -2.37. The largest absolute Gasteiger partial charge is 0.381 e. The predicted molar refractivity (Wildman–Crippen MR) is 107 cm³/mol. The summed E-state index contributed by atoms with van der Waals surface area (Å²) < 4.78 is 6.32. The second-order valence-electron chi connectivity index (χ2n) is 6.49. The van der Waals surface area contributed by atoms with Crippen LogP contribution in [-0.2, 0) is 12.1 Å². The Kier molecular flexibility index (Phi) is 4.37. The average molecular weight is 412 g/mol. The predicted octanol–water partition coefficient (Wildman–Crippen LogP) is 2.75. The van der Waals surface area contributed by atoms with E-state index in [1.165, 1.54) is 6.07 Å². The summed E-state index contributed by atoms with van der Waals surface area (Å²) in [7, 11) is 0. The van der Waals surface area contributed by atoms with Gasteiger partial charge < -0.3 is 15.6 Å². The van der Waals surface area contributed by atoms with Gasteiger partial charge in [0.2, 0.25) is 0 Å². The summed E-state index contributed by atoms with van der Waals surface area (Å²) in [5.41, 5.74) is 7.17. The molecule has 10 heteroatoms. The first-order chi connectivity index (χ1) is 13.4. The third-order valence-electron chi connectivity index (χ3n) is 4.48. The Morgan fingerprint density at radius 3 is 3.00 bits per heavy atom. The van der Waals surface area contributed by atoms with E-state index in [4.69, 9.17) is 17.3 Å². The van der Waals surface area contributed by atoms with E-state index in [0.717, 1.165) is 11.5 Å². The van der Waals surface area contributed by atoms with Gasteiger partial charge in [-0.2, -0.15) is 9.64 Å². The Labute approximate surface area is 169 Å². The molecule has 3 N–H and O–H groups in total. The smallest absolute Gasteiger partial charge is 0.275 e. The van der Waals surface area contributed by atoms with Gasteiger partial charge in [-0.15, -0.1) is 0 Å². The lowest BCUT2D eigenvalue weighted by Gasteiger charge is -2.32. The maximum atomic E-state index is 12.4. The van der Waals surface area contributed by atoms with Crippen molar-refractivity contribution >= 4 is 40.6 Å². The van der Waals surface area contributed by atoms with Crippen molar-refractivity contribution in [1.29, 1.82) is 5.26 Å². The minimum absolute atomic E-state index is 0.232. The van der Waals surface area contributed by atoms with Gasteiger partial charge in [0.25, 0.3) is 5.91 Å². The molecule has 1 atom stereocenters. The van der Waals surface area contributed by atoms with Crippen LogP contribution >= 0.6 is 23.1 Å². The number of nitriles is 1. The van der Waals surface area contributed by atoms with E-state index >= 15 is 0 Å². The van der Waals surface area contributed by atoms with Crippen molar-refractivity contribution in [2.45, 2.75) is 19.0 Å². The highest BCUT2D eigenvalue weighted by molar-refractivity contribution is 7.10. The first kappa shape index (κ1) is 18.2. The molecule has 8 nitrogen and oxygen atoms in total. The molecule has 3 heterocycles. The van der Waals surface area contributed by atoms with E-state index < -0.39 is 5.54 Å². The fourth-order valence-corrected chi connectivity index (χ4v) is 3.91. The number of hydrogen-bond acceptors (Lipinski definition) is 7. The molecule has 2 aromatic heterocycles. The van der Waals surface area contributed by atoms with Crippen LogP contribution in [0.5, 0.6) is 0 Å². The Balaban J connectivity index is 1.71. The summed E-state index contributed by atoms with van der Waals surface area (Å²) in [6, 6.07) is 8.74. The highest BCUT2D eigenvalue weighted by atomic mass is 35.5. The van der Waals surface area contributed by atoms with Crippen LogP contribution in [0.25, 0.3) is 0 Å². The average Bonchev–Trinajstić information content (AvgIpc) is 3.30. The van der Waals surface area contributed by atoms with E-state index in [1.807, 2.05) is 17.7 Å². The number of aromatic nitrogens is 3. The standard InChI is InChI=1S/C18H14ClN7OS/c1-18(9-26-5-4-22-16(26)15(21)24-18)12-6-11(3-2-10(12)8-20)23-17(27)13-7-14(19)28-25-13/h2-7H,9H2,1H3,(H2,21,24)(H,23,27). The number of aliphatic imine (C=N–C) groups is 1. The van der Waals surface area contributed by atoms with E-state index in [9.17, 15) is 10.1 Å². The number of carbonyl (C=O) groups excluding carboxylic acids is 1. The molecule has 1 amide bonds. The second-order valence-corrected chi connectivity index (χ2v) is 7.93. The second kappa shape index (κ2) is 6.74. The number of nitrogens with one attached hydrogen (secondary N) is 1. The number of nitrogens with two attached hydrogens (primary N) is 1. The van der Waals surface area contributed by atoms with E-state index in [0.29, 0.717) is 39.4 Å². The normalized spacial score (nSPS) is 18.1. The van der Waals surface area contributed by atoms with Gasteiger partial charge in [0.05, 0.1) is 18.2 Å². The Morgan fingerprint density at radius 2 is 2.29 bits per heavy atom. The third kappa shape index (κ3) is 3.13. The van der Waals surface area contributed by atoms with Crippen LogP contribution in [0.15, 0.2) is 41.7 Å². The first-order valence-corrected chi connectivity index (χ1v) is 9.40. The lowest BCUT2D eigenvalue weighted by molar-refractivity contribution is 0.102. The number of rotatable bonds is 3. The van der Waals surface area contributed by atoms with Crippen LogP contribution in [0.1, 0.15) is 34.4 Å². The number of amides is 1. The summed E-state index contributed by atoms with van der Waals surface area (Å²) in [5.74, 6) is 0.516. The molecule has 0 fully saturated rings. The van der Waals surface area contributed by atoms with Crippen molar-refractivity contribution in [1.82, 2.24) is 13.9 Å². The molecule has 1 aromatic carbocycles. The molecule has 28 heavy (non-hydrogen) atoms. The number of benzene rings is 1. The third-order valence-corrected chi connectivity index (χ3v) is 5.38. The van der Waals surface area contributed by atoms with Crippen molar-refractivity contribution < 1.29 is 4.79 Å². The highest BCUT2D eigenvalue weighted by Crippen LogP contribution is 2.35. The molecular weight excluding hydrogens is 398 g/mol. The number of halogens is 1. The quantitative estimate of drug-likeness (QED) is 0.686. The van der Waals surface area contributed by atoms with E-state index in [2.05, 4.69) is 25.7 Å². The molecule has 0 spiro atoms. The molecule has 0 bridgehead atoms. The van der Waals surface area contributed by atoms with E-state index in [1.54, 1.807) is 24.4 Å². The van der Waals surface area contributed by atoms with E-state index in [-0.39, 0.29) is 11.6 Å². The van der Waals surface area contributed by atoms with Crippen LogP contribution in [0.2, 0.25) is 4.34 Å². The Morgan fingerprint density at radius 1 is 1.46 bits per heavy atom. The summed E-state index contributed by atoms with van der Waals surface area (Å²) >= 11 is 6.88. The topological polar surface area (TPSA) is 122 Å². The van der Waals surface area contributed by atoms with Gasteiger partial charge in [0.15, 0.2) is 11.7 Å². The number of anilines is 1. The Hall–Kier alpha value is -3.22. The zero-order chi connectivity index (χ0) is 19.9. The zero-order valence-corrected chi connectivity index (χ0v) is 16.3. The van der Waals surface area contributed by atoms with Crippen molar-refractivity contribution in [3.8, 4) is 6.07 Å². The molecule has 0 aliphatic carbocycles. The van der Waals surface area contributed by atoms with Crippen molar-refractivity contribution in [2.24, 2.45) is 10.7 Å². The molecule has 4 rings (SSSR count). The molecule has 3 aromatic rings. The molecule has 1 aliphatic rings. The van der Waals surface area contributed by atoms with Crippen molar-refractivity contribution in [3.63, 3.8) is 0 Å². The molecule has 0 radical (unpaired) electrons. The number of carbonyl (C=O) groups is 1. The van der Waals surface area contributed by atoms with Gasteiger partial charge in [-0.3, -0.25) is 9.79 Å². The van der Waals surface area contributed by atoms with Gasteiger partial charge in [-0.05, 0) is 36.7 Å². The summed E-state index contributed by atoms with van der Waals surface area (Å²) in [6.07, 6.45) is 3.48. The van der Waals surface area contributed by atoms with Gasteiger partial charge in [0.1, 0.15) is 15.6 Å². The Bertz CT molecular complexity index is 1160. The fourth-order valence-electron chi connectivity index (χ4n) is 3.22. The summed E-state index contributed by atoms with van der Waals surface area (Å²) in [6.45, 7) is 2.36. The molecular formula is C18H14ClN7OS. The molecule has 140 valence electrons. The zero-order valence-electron chi connectivity index (χ0n) is 14.7. The first-order valence-electron chi connectivity index (χ1n) is 8.25. The van der Waals surface area contributed by atoms with Crippen molar-refractivity contribution in [2.75, 3.05) is 5.32 Å². The number of hydrogen-bond donors (Lipinski definition) is 2. The summed E-state index contributed by atoms with van der Waals surface area (Å²) in [4.78, 5) is 21.2. The minimum Gasteiger partial charge on any atom is -0.381 e. The van der Waals surface area contributed by atoms with Crippen LogP contribution in [0.3, 0.4) is 0 Å². The number of fused-ring (bicyclic) bond motifs is 1. The molecule has 1 unspecified atom stereocenters. The van der Waals surface area contributed by atoms with Crippen LogP contribution in [-0.4, -0.2) is 25.7 Å². The monoisotopic (exact) mass is 411 g/mol. The van der Waals surface area contributed by atoms with Gasteiger partial charge >= 0.3 is 0 Å². The van der Waals surface area contributed by atoms with Crippen molar-refractivity contribution in [3.05, 3.63) is 63.6 Å². The number of amidine groups is 1. The fraction of sp³-hybridized carbons (Fsp3) is 0.167. The number of nitrogens with zero attached hydrogens (tertiary/aromatic N) is 5. The number of imidazole rings is 1. The SMILES string of the molecule is CC1(c2cc(NC(=O)c3cc(Cl)sn3)ccc2C#N)Cn2ccnc2C(N)=N1. The lowest BCUT2D eigenvalue weighted by atomic mass is 9.87. The van der Waals surface area contributed by atoms with Crippen LogP contribution in [0.4, 0.5) is 5.69 Å². The van der Waals surface area contributed by atoms with Crippen LogP contribution in [0, 0.1) is 11.3 Å². The molecule has 1 aliphatic heterocycles. The molecule has 0 saturated carbocycles. The minimum atomic E-state index is -0.784. The maximum Gasteiger partial charge on any atom is 0.275 e. The van der Waals surface area contributed by atoms with Gasteiger partial charge in [0, 0.05) is 29.7 Å². The molecule has 0 saturated heterocycles. The van der Waals surface area contributed by atoms with Crippen LogP contribution < -0.4 is 11.1 Å². The highest BCUT2D eigenvalue weighted by Gasteiger charge is 2.34.